The molecule has 1 unspecified atom stereocenters. The first-order valence-corrected chi connectivity index (χ1v) is 31.4. The van der Waals surface area contributed by atoms with Crippen molar-refractivity contribution in [2.75, 3.05) is 13.2 Å². The van der Waals surface area contributed by atoms with E-state index < -0.39 is 6.10 Å². The molecule has 6 heteroatoms. The summed E-state index contributed by atoms with van der Waals surface area (Å²) in [5, 5.41) is 0. The van der Waals surface area contributed by atoms with Crippen molar-refractivity contribution in [3.63, 3.8) is 0 Å². The van der Waals surface area contributed by atoms with Gasteiger partial charge in [0.2, 0.25) is 0 Å². The number of hydrogen-bond acceptors (Lipinski definition) is 6. The summed E-state index contributed by atoms with van der Waals surface area (Å²) in [5.74, 6) is 0.0658. The summed E-state index contributed by atoms with van der Waals surface area (Å²) in [5.41, 5.74) is 0. The van der Waals surface area contributed by atoms with Crippen LogP contribution in [0.1, 0.15) is 362 Å². The van der Waals surface area contributed by atoms with Crippen LogP contribution in [-0.4, -0.2) is 37.2 Å². The van der Waals surface area contributed by atoms with Gasteiger partial charge in [-0.1, -0.05) is 323 Å². The lowest BCUT2D eigenvalue weighted by molar-refractivity contribution is -0.167. The molecule has 0 spiro atoms. The van der Waals surface area contributed by atoms with E-state index in [2.05, 4.69) is 27.7 Å². The van der Waals surface area contributed by atoms with Crippen molar-refractivity contribution in [2.45, 2.75) is 368 Å². The second-order valence-electron chi connectivity index (χ2n) is 21.9. The van der Waals surface area contributed by atoms with Crippen molar-refractivity contribution in [1.82, 2.24) is 0 Å². The van der Waals surface area contributed by atoms with E-state index in [4.69, 9.17) is 14.2 Å². The minimum atomic E-state index is -0.763. The van der Waals surface area contributed by atoms with Crippen LogP contribution in [0.3, 0.4) is 0 Å². The molecule has 0 heterocycles. The highest BCUT2D eigenvalue weighted by atomic mass is 16.6. The van der Waals surface area contributed by atoms with Gasteiger partial charge in [0.05, 0.1) is 0 Å². The van der Waals surface area contributed by atoms with E-state index in [-0.39, 0.29) is 31.1 Å². The number of esters is 3. The summed E-state index contributed by atoms with van der Waals surface area (Å²) < 4.78 is 16.9. The third-order valence-corrected chi connectivity index (χ3v) is 14.9. The second kappa shape index (κ2) is 57.3. The van der Waals surface area contributed by atoms with Crippen molar-refractivity contribution in [2.24, 2.45) is 5.92 Å². The predicted octanol–water partition coefficient (Wildman–Crippen LogP) is 21.0. The molecule has 0 rings (SSSR count). The van der Waals surface area contributed by atoms with Crippen LogP contribution in [0, 0.1) is 5.92 Å². The van der Waals surface area contributed by atoms with E-state index in [1.807, 2.05) is 0 Å². The number of rotatable bonds is 58. The van der Waals surface area contributed by atoms with Gasteiger partial charge < -0.3 is 14.2 Å². The first kappa shape index (κ1) is 67.4. The Morgan fingerprint density at radius 1 is 0.290 bits per heavy atom. The van der Waals surface area contributed by atoms with E-state index in [1.165, 1.54) is 257 Å². The van der Waals surface area contributed by atoms with Gasteiger partial charge in [-0.25, -0.2) is 0 Å². The van der Waals surface area contributed by atoms with Gasteiger partial charge in [0.15, 0.2) is 6.10 Å². The molecule has 0 aliphatic heterocycles. The maximum atomic E-state index is 12.9. The van der Waals surface area contributed by atoms with Gasteiger partial charge in [0, 0.05) is 19.3 Å². The van der Waals surface area contributed by atoms with E-state index >= 15 is 0 Å². The standard InChI is InChI=1S/C63H122O6/c1-5-8-10-12-14-16-18-20-22-23-24-26-31-35-39-43-47-51-55-62(65)68-58-60(57-67-61(64)54-50-46-42-38-34-30-25-21-19-17-15-13-11-9-6-2)69-63(66)56-52-48-44-40-36-32-28-27-29-33-37-41-45-49-53-59(4)7-3/h59-60H,5-58H2,1-4H3/t59?,60-/m0/s1. The molecule has 0 saturated carbocycles. The Morgan fingerprint density at radius 2 is 0.507 bits per heavy atom. The lowest BCUT2D eigenvalue weighted by Gasteiger charge is -2.18. The van der Waals surface area contributed by atoms with Crippen LogP contribution in [0.25, 0.3) is 0 Å². The van der Waals surface area contributed by atoms with Crippen LogP contribution < -0.4 is 0 Å². The fourth-order valence-corrected chi connectivity index (χ4v) is 9.78. The molecule has 0 aromatic heterocycles. The highest BCUT2D eigenvalue weighted by Gasteiger charge is 2.19. The van der Waals surface area contributed by atoms with Crippen LogP contribution in [0.4, 0.5) is 0 Å². The topological polar surface area (TPSA) is 78.9 Å². The van der Waals surface area contributed by atoms with Crippen LogP contribution in [0.15, 0.2) is 0 Å². The fourth-order valence-electron chi connectivity index (χ4n) is 9.78. The van der Waals surface area contributed by atoms with Crippen molar-refractivity contribution >= 4 is 17.9 Å². The van der Waals surface area contributed by atoms with Crippen LogP contribution in [0.2, 0.25) is 0 Å². The molecule has 0 aliphatic carbocycles. The van der Waals surface area contributed by atoms with Crippen LogP contribution in [-0.2, 0) is 28.6 Å². The SMILES string of the molecule is CCCCCCCCCCCCCCCCCCCCC(=O)OC[C@H](COC(=O)CCCCCCCCCCCCCCCCC)OC(=O)CCCCCCCCCCCCCCCCC(C)CC. The molecule has 0 fully saturated rings. The summed E-state index contributed by atoms with van der Waals surface area (Å²) in [6.45, 7) is 9.12. The summed E-state index contributed by atoms with van der Waals surface area (Å²) in [6, 6.07) is 0. The average Bonchev–Trinajstić information content (AvgIpc) is 3.35. The van der Waals surface area contributed by atoms with Crippen molar-refractivity contribution in [3.05, 3.63) is 0 Å². The third kappa shape index (κ3) is 55.6. The molecule has 6 nitrogen and oxygen atoms in total. The number of ether oxygens (including phenoxy) is 3. The number of carbonyl (C=O) groups excluding carboxylic acids is 3. The molecule has 0 N–H and O–H groups in total. The molecular formula is C63H122O6. The fraction of sp³-hybridized carbons (Fsp3) is 0.952. The quantitative estimate of drug-likeness (QED) is 0.0343. The molecule has 0 aromatic rings. The maximum Gasteiger partial charge on any atom is 0.306 e. The van der Waals surface area contributed by atoms with Gasteiger partial charge in [-0.15, -0.1) is 0 Å². The number of unbranched alkanes of at least 4 members (excludes halogenated alkanes) is 44. The Bertz CT molecular complexity index is 1040. The molecule has 0 amide bonds. The van der Waals surface area contributed by atoms with Gasteiger partial charge in [0.25, 0.3) is 0 Å². The molecule has 0 radical (unpaired) electrons. The van der Waals surface area contributed by atoms with E-state index in [1.54, 1.807) is 0 Å². The van der Waals surface area contributed by atoms with Gasteiger partial charge in [0.1, 0.15) is 13.2 Å². The Kier molecular flexibility index (Phi) is 56.0. The molecule has 69 heavy (non-hydrogen) atoms. The Hall–Kier alpha value is -1.59. The molecule has 0 aliphatic rings. The van der Waals surface area contributed by atoms with Crippen LogP contribution >= 0.6 is 0 Å². The maximum absolute atomic E-state index is 12.9. The predicted molar refractivity (Wildman–Crippen MR) is 298 cm³/mol. The van der Waals surface area contributed by atoms with Gasteiger partial charge in [-0.3, -0.25) is 14.4 Å². The van der Waals surface area contributed by atoms with Crippen molar-refractivity contribution in [1.29, 1.82) is 0 Å². The van der Waals surface area contributed by atoms with Gasteiger partial charge in [-0.05, 0) is 25.2 Å². The van der Waals surface area contributed by atoms with Gasteiger partial charge in [-0.2, -0.15) is 0 Å². The summed E-state index contributed by atoms with van der Waals surface area (Å²) in [7, 11) is 0. The molecule has 2 atom stereocenters. The van der Waals surface area contributed by atoms with Crippen molar-refractivity contribution < 1.29 is 28.6 Å². The zero-order chi connectivity index (χ0) is 50.2. The van der Waals surface area contributed by atoms with E-state index in [9.17, 15) is 14.4 Å². The molecule has 0 aromatic carbocycles. The monoisotopic (exact) mass is 975 g/mol. The first-order chi connectivity index (χ1) is 33.9. The molecular weight excluding hydrogens is 853 g/mol. The van der Waals surface area contributed by atoms with Crippen molar-refractivity contribution in [3.8, 4) is 0 Å². The average molecular weight is 976 g/mol. The third-order valence-electron chi connectivity index (χ3n) is 14.9. The molecule has 410 valence electrons. The summed E-state index contributed by atoms with van der Waals surface area (Å²) >= 11 is 0. The van der Waals surface area contributed by atoms with Crippen LogP contribution in [0.5, 0.6) is 0 Å². The summed E-state index contributed by atoms with van der Waals surface area (Å²) in [6.07, 6.45) is 63.8. The first-order valence-electron chi connectivity index (χ1n) is 31.4. The zero-order valence-corrected chi connectivity index (χ0v) is 47.3. The minimum Gasteiger partial charge on any atom is -0.462 e. The van der Waals surface area contributed by atoms with Gasteiger partial charge >= 0.3 is 17.9 Å². The number of hydrogen-bond donors (Lipinski definition) is 0. The Labute approximate surface area is 431 Å². The lowest BCUT2D eigenvalue weighted by atomic mass is 9.99. The molecule has 0 saturated heterocycles. The highest BCUT2D eigenvalue weighted by molar-refractivity contribution is 5.71. The van der Waals surface area contributed by atoms with E-state index in [0.717, 1.165) is 63.7 Å². The largest absolute Gasteiger partial charge is 0.462 e. The second-order valence-corrected chi connectivity index (χ2v) is 21.9. The smallest absolute Gasteiger partial charge is 0.306 e. The molecule has 0 bridgehead atoms. The normalized spacial score (nSPS) is 12.3. The lowest BCUT2D eigenvalue weighted by Crippen LogP contribution is -2.30. The minimum absolute atomic E-state index is 0.0613. The van der Waals surface area contributed by atoms with E-state index in [0.29, 0.717) is 19.3 Å². The highest BCUT2D eigenvalue weighted by Crippen LogP contribution is 2.19. The Balaban J connectivity index is 4.29. The summed E-state index contributed by atoms with van der Waals surface area (Å²) in [4.78, 5) is 38.3. The number of carbonyl (C=O) groups is 3. The zero-order valence-electron chi connectivity index (χ0n) is 47.3. The Morgan fingerprint density at radius 3 is 0.754 bits per heavy atom.